The van der Waals surface area contributed by atoms with Crippen molar-refractivity contribution in [3.8, 4) is 0 Å². The van der Waals surface area contributed by atoms with Gasteiger partial charge in [0, 0.05) is 25.7 Å². The van der Waals surface area contributed by atoms with Gasteiger partial charge in [0.2, 0.25) is 0 Å². The lowest BCUT2D eigenvalue weighted by atomic mass is 10.00. The zero-order chi connectivity index (χ0) is 14.1. The second-order valence-electron chi connectivity index (χ2n) is 6.08. The molecule has 0 spiro atoms. The lowest BCUT2D eigenvalue weighted by molar-refractivity contribution is 0.667. The molecule has 0 bridgehead atoms. The molecule has 0 amide bonds. The van der Waals surface area contributed by atoms with Crippen LogP contribution in [0.2, 0.25) is 0 Å². The molecular formula is C18H21N3. The number of fused-ring (bicyclic) bond motifs is 1. The van der Waals surface area contributed by atoms with Gasteiger partial charge in [0.1, 0.15) is 5.82 Å². The Hall–Kier alpha value is -1.87. The van der Waals surface area contributed by atoms with E-state index in [1.807, 2.05) is 0 Å². The van der Waals surface area contributed by atoms with E-state index in [0.717, 1.165) is 43.6 Å². The molecule has 2 aliphatic rings. The largest absolute Gasteiger partial charge is 0.352 e. The van der Waals surface area contributed by atoms with E-state index < -0.39 is 0 Å². The molecular weight excluding hydrogens is 258 g/mol. The van der Waals surface area contributed by atoms with Crippen molar-refractivity contribution < 1.29 is 0 Å². The van der Waals surface area contributed by atoms with Crippen molar-refractivity contribution >= 4 is 5.82 Å². The molecule has 1 aromatic heterocycles. The molecule has 2 aromatic rings. The zero-order valence-electron chi connectivity index (χ0n) is 12.3. The van der Waals surface area contributed by atoms with E-state index in [0.29, 0.717) is 0 Å². The molecule has 108 valence electrons. The number of hydrogen-bond donors (Lipinski definition) is 1. The van der Waals surface area contributed by atoms with Gasteiger partial charge in [-0.15, -0.1) is 0 Å². The topological polar surface area (TPSA) is 28.2 Å². The Morgan fingerprint density at radius 3 is 2.76 bits per heavy atom. The normalized spacial score (nSPS) is 17.6. The molecule has 1 saturated carbocycles. The number of nitrogens with zero attached hydrogens (tertiary/aromatic N) is 2. The Morgan fingerprint density at radius 1 is 1.05 bits per heavy atom. The van der Waals surface area contributed by atoms with Gasteiger partial charge >= 0.3 is 0 Å². The highest BCUT2D eigenvalue weighted by Gasteiger charge is 2.21. The van der Waals surface area contributed by atoms with E-state index in [9.17, 15) is 0 Å². The van der Waals surface area contributed by atoms with Gasteiger partial charge in [0.25, 0.3) is 0 Å². The predicted octanol–water partition coefficient (Wildman–Crippen LogP) is 2.90. The molecule has 3 nitrogen and oxygen atoms in total. The third-order valence-electron chi connectivity index (χ3n) is 4.40. The van der Waals surface area contributed by atoms with Crippen molar-refractivity contribution in [2.24, 2.45) is 0 Å². The first kappa shape index (κ1) is 12.8. The molecule has 0 unspecified atom stereocenters. The summed E-state index contributed by atoms with van der Waals surface area (Å²) in [6, 6.07) is 15.9. The van der Waals surface area contributed by atoms with Gasteiger partial charge in [-0.1, -0.05) is 30.3 Å². The summed E-state index contributed by atoms with van der Waals surface area (Å²) in [7, 11) is 0. The van der Waals surface area contributed by atoms with E-state index in [2.05, 4.69) is 52.7 Å². The summed E-state index contributed by atoms with van der Waals surface area (Å²) in [5, 5.41) is 3.54. The maximum Gasteiger partial charge on any atom is 0.129 e. The number of hydrogen-bond acceptors (Lipinski definition) is 3. The van der Waals surface area contributed by atoms with Crippen LogP contribution in [0.1, 0.15) is 29.7 Å². The van der Waals surface area contributed by atoms with Gasteiger partial charge in [0.15, 0.2) is 0 Å². The standard InChI is InChI=1S/C18H21N3/c1-2-5-15-13-21(11-10-14(15)4-1)18-7-3-6-17(20-18)12-19-16-8-9-16/h1-7,16,19H,8-13H2. The maximum atomic E-state index is 4.83. The molecule has 0 saturated heterocycles. The van der Waals surface area contributed by atoms with Crippen LogP contribution in [-0.2, 0) is 19.5 Å². The average molecular weight is 279 g/mol. The average Bonchev–Trinajstić information content (AvgIpc) is 3.37. The van der Waals surface area contributed by atoms with Gasteiger partial charge in [-0.2, -0.15) is 0 Å². The minimum atomic E-state index is 0.734. The molecule has 1 N–H and O–H groups in total. The Labute approximate surface area is 126 Å². The fourth-order valence-corrected chi connectivity index (χ4v) is 2.97. The molecule has 0 radical (unpaired) electrons. The van der Waals surface area contributed by atoms with Crippen LogP contribution in [0.15, 0.2) is 42.5 Å². The first-order valence-corrected chi connectivity index (χ1v) is 7.89. The molecule has 4 rings (SSSR count). The number of pyridine rings is 1. The Balaban J connectivity index is 1.49. The van der Waals surface area contributed by atoms with Crippen LogP contribution < -0.4 is 10.2 Å². The minimum absolute atomic E-state index is 0.734. The van der Waals surface area contributed by atoms with Gasteiger partial charge in [-0.3, -0.25) is 0 Å². The van der Waals surface area contributed by atoms with Crippen LogP contribution in [0.25, 0.3) is 0 Å². The van der Waals surface area contributed by atoms with Crippen molar-refractivity contribution in [3.63, 3.8) is 0 Å². The number of nitrogens with one attached hydrogen (secondary N) is 1. The molecule has 3 heteroatoms. The van der Waals surface area contributed by atoms with Crippen LogP contribution in [0.5, 0.6) is 0 Å². The van der Waals surface area contributed by atoms with Gasteiger partial charge in [-0.25, -0.2) is 4.98 Å². The fourth-order valence-electron chi connectivity index (χ4n) is 2.97. The summed E-state index contributed by atoms with van der Waals surface area (Å²) in [5.74, 6) is 1.11. The Morgan fingerprint density at radius 2 is 1.90 bits per heavy atom. The van der Waals surface area contributed by atoms with Crippen molar-refractivity contribution in [1.29, 1.82) is 0 Å². The summed E-state index contributed by atoms with van der Waals surface area (Å²) in [6.07, 6.45) is 3.76. The highest BCUT2D eigenvalue weighted by atomic mass is 15.2. The number of benzene rings is 1. The van der Waals surface area contributed by atoms with Crippen LogP contribution in [0.3, 0.4) is 0 Å². The molecule has 0 atom stereocenters. The SMILES string of the molecule is c1cc(CNC2CC2)nc(N2CCc3ccccc3C2)c1. The van der Waals surface area contributed by atoms with E-state index >= 15 is 0 Å². The number of aromatic nitrogens is 1. The van der Waals surface area contributed by atoms with Crippen LogP contribution in [0.4, 0.5) is 5.82 Å². The molecule has 1 aromatic carbocycles. The van der Waals surface area contributed by atoms with E-state index in [-0.39, 0.29) is 0 Å². The first-order valence-electron chi connectivity index (χ1n) is 7.89. The van der Waals surface area contributed by atoms with Gasteiger partial charge in [-0.05, 0) is 42.5 Å². The predicted molar refractivity (Wildman–Crippen MR) is 85.3 cm³/mol. The monoisotopic (exact) mass is 279 g/mol. The Kier molecular flexibility index (Phi) is 3.36. The molecule has 2 heterocycles. The highest BCUT2D eigenvalue weighted by Crippen LogP contribution is 2.23. The highest BCUT2D eigenvalue weighted by molar-refractivity contribution is 5.44. The van der Waals surface area contributed by atoms with Crippen molar-refractivity contribution in [1.82, 2.24) is 10.3 Å². The summed E-state index contributed by atoms with van der Waals surface area (Å²) in [4.78, 5) is 7.22. The first-order chi connectivity index (χ1) is 10.4. The fraction of sp³-hybridized carbons (Fsp3) is 0.389. The Bertz CT molecular complexity index is 634. The van der Waals surface area contributed by atoms with Gasteiger partial charge < -0.3 is 10.2 Å². The summed E-state index contributed by atoms with van der Waals surface area (Å²) in [6.45, 7) is 2.93. The van der Waals surface area contributed by atoms with Crippen LogP contribution in [0, 0.1) is 0 Å². The van der Waals surface area contributed by atoms with Crippen molar-refractivity contribution in [2.45, 2.75) is 38.4 Å². The second-order valence-corrected chi connectivity index (χ2v) is 6.08. The van der Waals surface area contributed by atoms with Gasteiger partial charge in [0.05, 0.1) is 5.69 Å². The van der Waals surface area contributed by atoms with E-state index in [1.54, 1.807) is 0 Å². The lowest BCUT2D eigenvalue weighted by Crippen LogP contribution is -2.31. The quantitative estimate of drug-likeness (QED) is 0.932. The summed E-state index contributed by atoms with van der Waals surface area (Å²) >= 11 is 0. The summed E-state index contributed by atoms with van der Waals surface area (Å²) in [5.41, 5.74) is 4.07. The maximum absolute atomic E-state index is 4.83. The minimum Gasteiger partial charge on any atom is -0.352 e. The molecule has 21 heavy (non-hydrogen) atoms. The molecule has 1 fully saturated rings. The second kappa shape index (κ2) is 5.49. The molecule has 1 aliphatic carbocycles. The number of rotatable bonds is 4. The third kappa shape index (κ3) is 2.93. The van der Waals surface area contributed by atoms with Crippen LogP contribution in [-0.4, -0.2) is 17.6 Å². The summed E-state index contributed by atoms with van der Waals surface area (Å²) < 4.78 is 0. The van der Waals surface area contributed by atoms with E-state index in [1.165, 1.54) is 24.0 Å². The smallest absolute Gasteiger partial charge is 0.129 e. The zero-order valence-corrected chi connectivity index (χ0v) is 12.3. The van der Waals surface area contributed by atoms with E-state index in [4.69, 9.17) is 4.98 Å². The van der Waals surface area contributed by atoms with Crippen molar-refractivity contribution in [3.05, 3.63) is 59.3 Å². The van der Waals surface area contributed by atoms with Crippen molar-refractivity contribution in [2.75, 3.05) is 11.4 Å². The molecule has 1 aliphatic heterocycles. The number of anilines is 1. The third-order valence-corrected chi connectivity index (χ3v) is 4.40. The van der Waals surface area contributed by atoms with Crippen LogP contribution >= 0.6 is 0 Å². The lowest BCUT2D eigenvalue weighted by Gasteiger charge is -2.30.